The van der Waals surface area contributed by atoms with Gasteiger partial charge >= 0.3 is 0 Å². The first-order valence-corrected chi connectivity index (χ1v) is 4.82. The van der Waals surface area contributed by atoms with Crippen molar-refractivity contribution in [1.29, 1.82) is 0 Å². The molecule has 1 heterocycles. The highest BCUT2D eigenvalue weighted by Crippen LogP contribution is 2.10. The van der Waals surface area contributed by atoms with Gasteiger partial charge in [0.2, 0.25) is 11.8 Å². The van der Waals surface area contributed by atoms with Gasteiger partial charge in [-0.2, -0.15) is 0 Å². The molecule has 0 aromatic rings. The van der Waals surface area contributed by atoms with Gasteiger partial charge in [-0.1, -0.05) is 0 Å². The number of hydrogen-bond acceptors (Lipinski definition) is 3. The van der Waals surface area contributed by atoms with Crippen LogP contribution in [0.2, 0.25) is 0 Å². The minimum atomic E-state index is -0.340. The number of piperazine rings is 1. The maximum absolute atomic E-state index is 11.6. The quantitative estimate of drug-likeness (QED) is 0.635. The van der Waals surface area contributed by atoms with Gasteiger partial charge in [0.15, 0.2) is 0 Å². The monoisotopic (exact) mass is 199 g/mol. The van der Waals surface area contributed by atoms with Gasteiger partial charge in [-0.25, -0.2) is 0 Å². The molecule has 0 bridgehead atoms. The van der Waals surface area contributed by atoms with Crippen LogP contribution in [0.15, 0.2) is 0 Å². The number of likely N-dealkylation sites (N-methyl/N-ethyl adjacent to an activating group) is 1. The second-order valence-electron chi connectivity index (χ2n) is 3.60. The first-order valence-electron chi connectivity index (χ1n) is 4.82. The van der Waals surface area contributed by atoms with Crippen LogP contribution in [0.3, 0.4) is 0 Å². The third-order valence-corrected chi connectivity index (χ3v) is 2.50. The predicted octanol–water partition coefficient (Wildman–Crippen LogP) is -0.976. The Kier molecular flexibility index (Phi) is 3.46. The van der Waals surface area contributed by atoms with Crippen LogP contribution in [0, 0.1) is 0 Å². The van der Waals surface area contributed by atoms with Crippen molar-refractivity contribution in [2.45, 2.75) is 19.4 Å². The van der Waals surface area contributed by atoms with Crippen LogP contribution in [0.25, 0.3) is 0 Å². The average Bonchev–Trinajstić information content (AvgIpc) is 2.14. The third kappa shape index (κ3) is 2.04. The fraction of sp³-hybridized carbons (Fsp3) is 0.778. The van der Waals surface area contributed by atoms with Crippen LogP contribution < -0.4 is 5.73 Å². The Morgan fingerprint density at radius 3 is 2.71 bits per heavy atom. The van der Waals surface area contributed by atoms with Crippen LogP contribution >= 0.6 is 0 Å². The Hall–Kier alpha value is -1.10. The van der Waals surface area contributed by atoms with Crippen molar-refractivity contribution >= 4 is 11.8 Å². The van der Waals surface area contributed by atoms with Gasteiger partial charge in [-0.3, -0.25) is 9.59 Å². The molecule has 0 aliphatic carbocycles. The van der Waals surface area contributed by atoms with Crippen LogP contribution in [-0.2, 0) is 9.59 Å². The summed E-state index contributed by atoms with van der Waals surface area (Å²) in [6.07, 6.45) is 0.743. The highest BCUT2D eigenvalue weighted by Gasteiger charge is 2.33. The molecule has 2 N–H and O–H groups in total. The third-order valence-electron chi connectivity index (χ3n) is 2.50. The second-order valence-corrected chi connectivity index (χ2v) is 3.60. The molecule has 1 unspecified atom stereocenters. The van der Waals surface area contributed by atoms with Gasteiger partial charge < -0.3 is 15.5 Å². The summed E-state index contributed by atoms with van der Waals surface area (Å²) < 4.78 is 0. The van der Waals surface area contributed by atoms with Crippen molar-refractivity contribution in [2.75, 3.05) is 26.7 Å². The zero-order chi connectivity index (χ0) is 10.7. The fourth-order valence-electron chi connectivity index (χ4n) is 1.62. The van der Waals surface area contributed by atoms with Crippen molar-refractivity contribution in [2.24, 2.45) is 5.73 Å². The Morgan fingerprint density at radius 1 is 1.50 bits per heavy atom. The normalized spacial score (nSPS) is 23.2. The van der Waals surface area contributed by atoms with Crippen LogP contribution in [-0.4, -0.2) is 54.3 Å². The van der Waals surface area contributed by atoms with Gasteiger partial charge in [-0.05, 0) is 19.9 Å². The summed E-state index contributed by atoms with van der Waals surface area (Å²) in [5, 5.41) is 0. The Bertz CT molecular complexity index is 242. The molecule has 0 aromatic heterocycles. The van der Waals surface area contributed by atoms with Gasteiger partial charge in [-0.15, -0.1) is 0 Å². The van der Waals surface area contributed by atoms with E-state index in [1.807, 2.05) is 0 Å². The lowest BCUT2D eigenvalue weighted by molar-refractivity contribution is -0.153. The summed E-state index contributed by atoms with van der Waals surface area (Å²) >= 11 is 0. The highest BCUT2D eigenvalue weighted by atomic mass is 16.2. The molecular weight excluding hydrogens is 182 g/mol. The number of carbonyl (C=O) groups excluding carboxylic acids is 2. The number of hydrogen-bond donors (Lipinski definition) is 1. The lowest BCUT2D eigenvalue weighted by Gasteiger charge is -2.37. The maximum atomic E-state index is 11.6. The van der Waals surface area contributed by atoms with Gasteiger partial charge in [0, 0.05) is 13.6 Å². The molecule has 5 heteroatoms. The van der Waals surface area contributed by atoms with E-state index < -0.39 is 0 Å². The molecule has 0 aromatic carbocycles. The lowest BCUT2D eigenvalue weighted by Crippen LogP contribution is -2.57. The molecule has 14 heavy (non-hydrogen) atoms. The standard InChI is InChI=1S/C9H17N3O2/c1-7-9(14)11(2)6-8(13)12(7)5-3-4-10/h7H,3-6,10H2,1-2H3. The molecule has 1 saturated heterocycles. The molecule has 1 aliphatic heterocycles. The van der Waals surface area contributed by atoms with E-state index in [-0.39, 0.29) is 24.4 Å². The van der Waals surface area contributed by atoms with E-state index in [0.717, 1.165) is 6.42 Å². The summed E-state index contributed by atoms with van der Waals surface area (Å²) in [7, 11) is 1.65. The van der Waals surface area contributed by atoms with E-state index in [0.29, 0.717) is 13.1 Å². The molecule has 0 spiro atoms. The van der Waals surface area contributed by atoms with Crippen LogP contribution in [0.1, 0.15) is 13.3 Å². The van der Waals surface area contributed by atoms with Crippen LogP contribution in [0.4, 0.5) is 0 Å². The van der Waals surface area contributed by atoms with Crippen molar-refractivity contribution < 1.29 is 9.59 Å². The summed E-state index contributed by atoms with van der Waals surface area (Å²) in [5.74, 6) is 0.00896. The van der Waals surface area contributed by atoms with E-state index in [2.05, 4.69) is 0 Å². The van der Waals surface area contributed by atoms with Crippen molar-refractivity contribution in [1.82, 2.24) is 9.80 Å². The Morgan fingerprint density at radius 2 is 2.14 bits per heavy atom. The molecule has 1 aliphatic rings. The number of nitrogens with zero attached hydrogens (tertiary/aromatic N) is 2. The fourth-order valence-corrected chi connectivity index (χ4v) is 1.62. The molecular formula is C9H17N3O2. The molecule has 0 saturated carbocycles. The van der Waals surface area contributed by atoms with Gasteiger partial charge in [0.05, 0.1) is 6.54 Å². The lowest BCUT2D eigenvalue weighted by atomic mass is 10.1. The van der Waals surface area contributed by atoms with Crippen LogP contribution in [0.5, 0.6) is 0 Å². The molecule has 0 radical (unpaired) electrons. The zero-order valence-corrected chi connectivity index (χ0v) is 8.69. The molecule has 1 fully saturated rings. The average molecular weight is 199 g/mol. The van der Waals surface area contributed by atoms with Gasteiger partial charge in [0.25, 0.3) is 0 Å². The molecule has 1 atom stereocenters. The van der Waals surface area contributed by atoms with Crippen molar-refractivity contribution in [3.8, 4) is 0 Å². The minimum absolute atomic E-state index is 0.00150. The molecule has 5 nitrogen and oxygen atoms in total. The number of carbonyl (C=O) groups is 2. The summed E-state index contributed by atoms with van der Waals surface area (Å²) in [5.41, 5.74) is 5.37. The van der Waals surface area contributed by atoms with E-state index in [1.165, 1.54) is 4.90 Å². The van der Waals surface area contributed by atoms with Gasteiger partial charge in [0.1, 0.15) is 6.04 Å². The van der Waals surface area contributed by atoms with E-state index in [1.54, 1.807) is 18.9 Å². The zero-order valence-electron chi connectivity index (χ0n) is 8.69. The smallest absolute Gasteiger partial charge is 0.245 e. The topological polar surface area (TPSA) is 66.6 Å². The summed E-state index contributed by atoms with van der Waals surface area (Å²) in [6, 6.07) is -0.340. The van der Waals surface area contributed by atoms with E-state index in [9.17, 15) is 9.59 Å². The first kappa shape index (κ1) is 11.0. The Balaban J connectivity index is 2.64. The SMILES string of the molecule is CC1C(=O)N(C)CC(=O)N1CCCN. The number of nitrogens with two attached hydrogens (primary N) is 1. The van der Waals surface area contributed by atoms with Crippen molar-refractivity contribution in [3.05, 3.63) is 0 Å². The summed E-state index contributed by atoms with van der Waals surface area (Å²) in [6.45, 7) is 3.07. The summed E-state index contributed by atoms with van der Waals surface area (Å²) in [4.78, 5) is 26.2. The molecule has 80 valence electrons. The highest BCUT2D eigenvalue weighted by molar-refractivity contribution is 5.94. The predicted molar refractivity (Wildman–Crippen MR) is 52.5 cm³/mol. The van der Waals surface area contributed by atoms with E-state index in [4.69, 9.17) is 5.73 Å². The van der Waals surface area contributed by atoms with E-state index >= 15 is 0 Å². The minimum Gasteiger partial charge on any atom is -0.335 e. The molecule has 2 amide bonds. The maximum Gasteiger partial charge on any atom is 0.245 e. The Labute approximate surface area is 83.8 Å². The van der Waals surface area contributed by atoms with Crippen molar-refractivity contribution in [3.63, 3.8) is 0 Å². The number of amides is 2. The first-order chi connectivity index (χ1) is 6.57. The second kappa shape index (κ2) is 4.41. The largest absolute Gasteiger partial charge is 0.335 e. The number of rotatable bonds is 3. The molecule has 1 rings (SSSR count).